The Morgan fingerprint density at radius 3 is 2.32 bits per heavy atom. The molecule has 5 heteroatoms. The molecule has 0 spiro atoms. The molecule has 5 nitrogen and oxygen atoms in total. The van der Waals surface area contributed by atoms with Crippen LogP contribution in [0.5, 0.6) is 0 Å². The second kappa shape index (κ2) is 9.04. The van der Waals surface area contributed by atoms with Crippen LogP contribution >= 0.6 is 0 Å². The molecule has 0 aliphatic carbocycles. The van der Waals surface area contributed by atoms with E-state index in [9.17, 15) is 9.59 Å². The number of carbonyl (C=O) groups excluding carboxylic acids is 2. The summed E-state index contributed by atoms with van der Waals surface area (Å²) in [7, 11) is 0. The SMILES string of the molecule is CC(NC(=O)COC(=O)C(C#N)=Cc1ccccc1)c1ccccc1. The summed E-state index contributed by atoms with van der Waals surface area (Å²) >= 11 is 0. The van der Waals surface area contributed by atoms with E-state index in [1.165, 1.54) is 6.08 Å². The maximum absolute atomic E-state index is 11.9. The monoisotopic (exact) mass is 334 g/mol. The van der Waals surface area contributed by atoms with Crippen molar-refractivity contribution in [1.29, 1.82) is 5.26 Å². The molecule has 126 valence electrons. The molecule has 0 saturated carbocycles. The Balaban J connectivity index is 1.89. The van der Waals surface area contributed by atoms with Crippen LogP contribution in [0.15, 0.2) is 66.2 Å². The minimum Gasteiger partial charge on any atom is -0.451 e. The molecule has 1 unspecified atom stereocenters. The molecule has 1 amide bonds. The quantitative estimate of drug-likeness (QED) is 0.500. The van der Waals surface area contributed by atoms with Gasteiger partial charge in [0.2, 0.25) is 0 Å². The summed E-state index contributed by atoms with van der Waals surface area (Å²) in [6.07, 6.45) is 1.42. The molecule has 0 heterocycles. The number of benzene rings is 2. The normalized spacial score (nSPS) is 11.9. The van der Waals surface area contributed by atoms with Gasteiger partial charge in [0, 0.05) is 0 Å². The molecule has 2 aromatic rings. The topological polar surface area (TPSA) is 79.2 Å². The van der Waals surface area contributed by atoms with Crippen LogP contribution in [0, 0.1) is 11.3 Å². The number of hydrogen-bond donors (Lipinski definition) is 1. The fourth-order valence-corrected chi connectivity index (χ4v) is 2.17. The van der Waals surface area contributed by atoms with Crippen LogP contribution in [0.4, 0.5) is 0 Å². The van der Waals surface area contributed by atoms with Crippen molar-refractivity contribution in [2.24, 2.45) is 0 Å². The summed E-state index contributed by atoms with van der Waals surface area (Å²) in [6.45, 7) is 1.40. The summed E-state index contributed by atoms with van der Waals surface area (Å²) in [5.74, 6) is -1.25. The van der Waals surface area contributed by atoms with E-state index in [1.54, 1.807) is 30.3 Å². The van der Waals surface area contributed by atoms with E-state index in [0.717, 1.165) is 5.56 Å². The largest absolute Gasteiger partial charge is 0.451 e. The van der Waals surface area contributed by atoms with Gasteiger partial charge in [-0.25, -0.2) is 4.79 Å². The first-order valence-corrected chi connectivity index (χ1v) is 7.78. The fourth-order valence-electron chi connectivity index (χ4n) is 2.17. The lowest BCUT2D eigenvalue weighted by molar-refractivity contribution is -0.144. The molecule has 0 fully saturated rings. The molecule has 0 saturated heterocycles. The predicted molar refractivity (Wildman–Crippen MR) is 94.0 cm³/mol. The summed E-state index contributed by atoms with van der Waals surface area (Å²) in [5, 5.41) is 11.8. The lowest BCUT2D eigenvalue weighted by Gasteiger charge is -2.14. The first-order valence-electron chi connectivity index (χ1n) is 7.78. The van der Waals surface area contributed by atoms with Gasteiger partial charge >= 0.3 is 5.97 Å². The molecule has 1 atom stereocenters. The van der Waals surface area contributed by atoms with E-state index in [0.29, 0.717) is 5.56 Å². The zero-order valence-corrected chi connectivity index (χ0v) is 13.8. The second-order valence-electron chi connectivity index (χ2n) is 5.36. The van der Waals surface area contributed by atoms with Crippen LogP contribution in [-0.4, -0.2) is 18.5 Å². The summed E-state index contributed by atoms with van der Waals surface area (Å²) in [5.41, 5.74) is 1.50. The maximum atomic E-state index is 11.9. The number of nitrogens with zero attached hydrogens (tertiary/aromatic N) is 1. The number of esters is 1. The standard InChI is InChI=1S/C20H18N2O3/c1-15(17-10-6-3-7-11-17)22-19(23)14-25-20(24)18(13-21)12-16-8-4-2-5-9-16/h2-12,15H,14H2,1H3,(H,22,23). The molecule has 0 bridgehead atoms. The Kier molecular flexibility index (Phi) is 6.49. The van der Waals surface area contributed by atoms with Gasteiger partial charge < -0.3 is 10.1 Å². The van der Waals surface area contributed by atoms with Gasteiger partial charge in [-0.3, -0.25) is 4.79 Å². The molecule has 0 aliphatic rings. The number of carbonyl (C=O) groups is 2. The van der Waals surface area contributed by atoms with E-state index in [-0.39, 0.29) is 11.6 Å². The van der Waals surface area contributed by atoms with Crippen LogP contribution < -0.4 is 5.32 Å². The highest BCUT2D eigenvalue weighted by Gasteiger charge is 2.15. The highest BCUT2D eigenvalue weighted by atomic mass is 16.5. The van der Waals surface area contributed by atoms with Gasteiger partial charge in [0.15, 0.2) is 6.61 Å². The predicted octanol–water partition coefficient (Wildman–Crippen LogP) is 3.01. The molecule has 0 aromatic heterocycles. The van der Waals surface area contributed by atoms with E-state index in [2.05, 4.69) is 5.32 Å². The average molecular weight is 334 g/mol. The molecule has 0 radical (unpaired) electrons. The lowest BCUT2D eigenvalue weighted by Crippen LogP contribution is -2.31. The Hall–Kier alpha value is -3.39. The third-order valence-electron chi connectivity index (χ3n) is 3.46. The number of ether oxygens (including phenoxy) is 1. The zero-order valence-electron chi connectivity index (χ0n) is 13.8. The van der Waals surface area contributed by atoms with Crippen molar-refractivity contribution >= 4 is 18.0 Å². The van der Waals surface area contributed by atoms with E-state index < -0.39 is 18.5 Å². The number of rotatable bonds is 6. The minimum atomic E-state index is -0.825. The van der Waals surface area contributed by atoms with Gasteiger partial charge in [0.05, 0.1) is 6.04 Å². The summed E-state index contributed by atoms with van der Waals surface area (Å²) in [6, 6.07) is 20.0. The molecular weight excluding hydrogens is 316 g/mol. The number of nitrogens with one attached hydrogen (secondary N) is 1. The third kappa shape index (κ3) is 5.63. The number of hydrogen-bond acceptors (Lipinski definition) is 4. The smallest absolute Gasteiger partial charge is 0.349 e. The first kappa shape index (κ1) is 18.0. The van der Waals surface area contributed by atoms with Gasteiger partial charge in [-0.15, -0.1) is 0 Å². The van der Waals surface area contributed by atoms with E-state index in [4.69, 9.17) is 10.00 Å². The highest BCUT2D eigenvalue weighted by molar-refractivity contribution is 5.98. The van der Waals surface area contributed by atoms with Gasteiger partial charge in [0.1, 0.15) is 11.6 Å². The molecule has 25 heavy (non-hydrogen) atoms. The van der Waals surface area contributed by atoms with Crippen molar-refractivity contribution in [3.63, 3.8) is 0 Å². The third-order valence-corrected chi connectivity index (χ3v) is 3.46. The Bertz CT molecular complexity index is 793. The second-order valence-corrected chi connectivity index (χ2v) is 5.36. The Labute approximate surface area is 146 Å². The van der Waals surface area contributed by atoms with Crippen LogP contribution in [0.3, 0.4) is 0 Å². The highest BCUT2D eigenvalue weighted by Crippen LogP contribution is 2.11. The lowest BCUT2D eigenvalue weighted by atomic mass is 10.1. The number of nitriles is 1. The van der Waals surface area contributed by atoms with Crippen molar-refractivity contribution in [3.05, 3.63) is 77.4 Å². The van der Waals surface area contributed by atoms with Crippen molar-refractivity contribution in [3.8, 4) is 6.07 Å². The van der Waals surface area contributed by atoms with E-state index in [1.807, 2.05) is 43.3 Å². The van der Waals surface area contributed by atoms with Crippen LogP contribution in [-0.2, 0) is 14.3 Å². The summed E-state index contributed by atoms with van der Waals surface area (Å²) < 4.78 is 4.92. The van der Waals surface area contributed by atoms with E-state index >= 15 is 0 Å². The van der Waals surface area contributed by atoms with Crippen molar-refractivity contribution < 1.29 is 14.3 Å². The molecule has 1 N–H and O–H groups in total. The fraction of sp³-hybridized carbons (Fsp3) is 0.150. The minimum absolute atomic E-state index is 0.157. The number of amides is 1. The van der Waals surface area contributed by atoms with Gasteiger partial charge in [-0.1, -0.05) is 60.7 Å². The van der Waals surface area contributed by atoms with Gasteiger partial charge in [-0.2, -0.15) is 5.26 Å². The maximum Gasteiger partial charge on any atom is 0.349 e. The van der Waals surface area contributed by atoms with Crippen molar-refractivity contribution in [1.82, 2.24) is 5.32 Å². The zero-order chi connectivity index (χ0) is 18.1. The molecule has 2 aromatic carbocycles. The van der Waals surface area contributed by atoms with Gasteiger partial charge in [-0.05, 0) is 24.1 Å². The van der Waals surface area contributed by atoms with Gasteiger partial charge in [0.25, 0.3) is 5.91 Å². The first-order chi connectivity index (χ1) is 12.1. The van der Waals surface area contributed by atoms with Crippen LogP contribution in [0.1, 0.15) is 24.1 Å². The average Bonchev–Trinajstić information content (AvgIpc) is 2.65. The summed E-state index contributed by atoms with van der Waals surface area (Å²) in [4.78, 5) is 23.9. The molecular formula is C20H18N2O3. The van der Waals surface area contributed by atoms with Crippen LogP contribution in [0.25, 0.3) is 6.08 Å². The van der Waals surface area contributed by atoms with Crippen LogP contribution in [0.2, 0.25) is 0 Å². The Morgan fingerprint density at radius 1 is 1.12 bits per heavy atom. The van der Waals surface area contributed by atoms with Crippen molar-refractivity contribution in [2.45, 2.75) is 13.0 Å². The van der Waals surface area contributed by atoms with Crippen molar-refractivity contribution in [2.75, 3.05) is 6.61 Å². The molecule has 0 aliphatic heterocycles. The Morgan fingerprint density at radius 2 is 1.72 bits per heavy atom. The molecule has 2 rings (SSSR count).